The number of H-pyrrole nitrogens is 1. The van der Waals surface area contributed by atoms with Crippen LogP contribution in [0.15, 0.2) is 94.6 Å². The van der Waals surface area contributed by atoms with Crippen LogP contribution in [0.5, 0.6) is 11.5 Å². The Morgan fingerprint density at radius 1 is 0.886 bits per heavy atom. The molecule has 5 rings (SSSR count). The molecule has 1 fully saturated rings. The number of nitrogens with one attached hydrogen (secondary N) is 2. The van der Waals surface area contributed by atoms with Gasteiger partial charge in [0.2, 0.25) is 0 Å². The van der Waals surface area contributed by atoms with Crippen LogP contribution in [0.3, 0.4) is 0 Å². The van der Waals surface area contributed by atoms with Crippen LogP contribution in [0.25, 0.3) is 0 Å². The maximum absolute atomic E-state index is 12.7. The molecule has 44 heavy (non-hydrogen) atoms. The second-order valence-electron chi connectivity index (χ2n) is 10.1. The minimum atomic E-state index is -1.59. The topological polar surface area (TPSA) is 161 Å². The van der Waals surface area contributed by atoms with Gasteiger partial charge < -0.3 is 34.5 Å². The van der Waals surface area contributed by atoms with E-state index in [1.807, 2.05) is 78.9 Å². The van der Waals surface area contributed by atoms with Crippen molar-refractivity contribution in [2.45, 2.75) is 30.1 Å². The van der Waals surface area contributed by atoms with Crippen molar-refractivity contribution in [3.8, 4) is 11.5 Å². The van der Waals surface area contributed by atoms with Gasteiger partial charge in [0.05, 0.1) is 20.8 Å². The Morgan fingerprint density at radius 2 is 1.43 bits per heavy atom. The van der Waals surface area contributed by atoms with Crippen molar-refractivity contribution < 1.29 is 34.0 Å². The average molecular weight is 604 g/mol. The van der Waals surface area contributed by atoms with Crippen molar-refractivity contribution in [1.82, 2.24) is 14.9 Å². The second kappa shape index (κ2) is 12.9. The summed E-state index contributed by atoms with van der Waals surface area (Å²) in [4.78, 5) is 39.1. The number of amides is 1. The van der Waals surface area contributed by atoms with Crippen LogP contribution >= 0.6 is 0 Å². The fourth-order valence-corrected chi connectivity index (χ4v) is 5.35. The van der Waals surface area contributed by atoms with Gasteiger partial charge in [0, 0.05) is 13.2 Å². The number of rotatable bonds is 10. The largest absolute Gasteiger partial charge is 0.497 e. The van der Waals surface area contributed by atoms with Crippen LogP contribution in [0.2, 0.25) is 0 Å². The number of aromatic amines is 1. The number of aromatic nitrogens is 2. The molecule has 0 spiro atoms. The SMILES string of the molecule is CNC(=O)c1cn([C@@H]2O[C@H](COC(c3ccccc3)(c3ccc(OC)cc3)c3ccc(OC)cc3)[C@@H](O)[C@H]2O)c(=O)[nH]c1=O. The first kappa shape index (κ1) is 30.7. The van der Waals surface area contributed by atoms with E-state index in [4.69, 9.17) is 18.9 Å². The van der Waals surface area contributed by atoms with Crippen LogP contribution in [-0.2, 0) is 15.1 Å². The highest BCUT2D eigenvalue weighted by atomic mass is 16.6. The molecule has 0 aliphatic carbocycles. The summed E-state index contributed by atoms with van der Waals surface area (Å²) in [6, 6.07) is 24.2. The molecule has 4 aromatic rings. The predicted molar refractivity (Wildman–Crippen MR) is 159 cm³/mol. The lowest BCUT2D eigenvalue weighted by Gasteiger charge is -2.37. The lowest BCUT2D eigenvalue weighted by atomic mass is 9.80. The van der Waals surface area contributed by atoms with E-state index in [9.17, 15) is 24.6 Å². The van der Waals surface area contributed by atoms with E-state index in [1.54, 1.807) is 14.2 Å². The molecule has 12 nitrogen and oxygen atoms in total. The molecule has 2 heterocycles. The standard InChI is InChI=1S/C32H33N3O9/c1-33-28(38)24-17-35(31(40)34-29(24)39)30-27(37)26(36)25(44-30)18-43-32(19-7-5-4-6-8-19,20-9-13-22(41-2)14-10-20)21-11-15-23(42-3)16-12-21/h4-17,25-27,30,36-37H,18H2,1-3H3,(H,33,38)(H,34,39,40)/t25-,26-,27-,30-/m1/s1. The summed E-state index contributed by atoms with van der Waals surface area (Å²) in [5.41, 5.74) is -1.16. The fraction of sp³-hybridized carbons (Fsp3) is 0.281. The van der Waals surface area contributed by atoms with E-state index >= 15 is 0 Å². The molecule has 230 valence electrons. The van der Waals surface area contributed by atoms with Crippen molar-refractivity contribution in [3.05, 3.63) is 128 Å². The summed E-state index contributed by atoms with van der Waals surface area (Å²) in [5.74, 6) is 0.557. The number of ether oxygens (including phenoxy) is 4. The number of aliphatic hydroxyl groups is 2. The number of hydrogen-bond donors (Lipinski definition) is 4. The van der Waals surface area contributed by atoms with Crippen LogP contribution in [0.4, 0.5) is 0 Å². The Hall–Kier alpha value is -4.75. The zero-order valence-corrected chi connectivity index (χ0v) is 24.3. The minimum absolute atomic E-state index is 0.234. The highest BCUT2D eigenvalue weighted by Gasteiger charge is 2.47. The summed E-state index contributed by atoms with van der Waals surface area (Å²) in [6.45, 7) is -0.234. The second-order valence-corrected chi connectivity index (χ2v) is 10.1. The molecule has 3 aromatic carbocycles. The summed E-state index contributed by atoms with van der Waals surface area (Å²) in [5, 5.41) is 24.3. The molecular weight excluding hydrogens is 570 g/mol. The molecule has 1 aliphatic heterocycles. The van der Waals surface area contributed by atoms with Crippen molar-refractivity contribution in [2.24, 2.45) is 0 Å². The molecular formula is C32H33N3O9. The monoisotopic (exact) mass is 603 g/mol. The van der Waals surface area contributed by atoms with Gasteiger partial charge in [-0.3, -0.25) is 19.1 Å². The molecule has 0 radical (unpaired) electrons. The Bertz CT molecular complexity index is 1650. The first-order chi connectivity index (χ1) is 21.2. The van der Waals surface area contributed by atoms with E-state index < -0.39 is 47.3 Å². The smallest absolute Gasteiger partial charge is 0.330 e. The quantitative estimate of drug-likeness (QED) is 0.197. The number of benzene rings is 3. The zero-order chi connectivity index (χ0) is 31.4. The first-order valence-electron chi connectivity index (χ1n) is 13.8. The van der Waals surface area contributed by atoms with Crippen LogP contribution in [-0.4, -0.2) is 71.9 Å². The Balaban J connectivity index is 1.55. The molecule has 12 heteroatoms. The van der Waals surface area contributed by atoms with Crippen molar-refractivity contribution in [2.75, 3.05) is 27.9 Å². The third-order valence-corrected chi connectivity index (χ3v) is 7.69. The van der Waals surface area contributed by atoms with E-state index in [2.05, 4.69) is 10.3 Å². The van der Waals surface area contributed by atoms with Gasteiger partial charge in [-0.15, -0.1) is 0 Å². The van der Waals surface area contributed by atoms with E-state index in [0.29, 0.717) is 11.5 Å². The minimum Gasteiger partial charge on any atom is -0.497 e. The van der Waals surface area contributed by atoms with Crippen LogP contribution in [0, 0.1) is 0 Å². The third kappa shape index (κ3) is 5.63. The molecule has 1 saturated heterocycles. The Kier molecular flexibility index (Phi) is 8.97. The lowest BCUT2D eigenvalue weighted by molar-refractivity contribution is -0.0959. The number of nitrogens with zero attached hydrogens (tertiary/aromatic N) is 1. The maximum atomic E-state index is 12.7. The normalized spacial score (nSPS) is 19.8. The number of carbonyl (C=O) groups excluding carboxylic acids is 1. The summed E-state index contributed by atoms with van der Waals surface area (Å²) < 4.78 is 24.4. The molecule has 4 atom stereocenters. The van der Waals surface area contributed by atoms with Crippen molar-refractivity contribution in [3.63, 3.8) is 0 Å². The third-order valence-electron chi connectivity index (χ3n) is 7.69. The van der Waals surface area contributed by atoms with Gasteiger partial charge in [-0.1, -0.05) is 54.6 Å². The van der Waals surface area contributed by atoms with Crippen LogP contribution in [0.1, 0.15) is 33.3 Å². The molecule has 0 saturated carbocycles. The highest BCUT2D eigenvalue weighted by molar-refractivity contribution is 5.93. The van der Waals surface area contributed by atoms with Gasteiger partial charge in [-0.05, 0) is 41.0 Å². The number of carbonyl (C=O) groups is 1. The molecule has 1 amide bonds. The van der Waals surface area contributed by atoms with Gasteiger partial charge in [-0.2, -0.15) is 0 Å². The molecule has 0 unspecified atom stereocenters. The summed E-state index contributed by atoms with van der Waals surface area (Å²) >= 11 is 0. The molecule has 1 aliphatic rings. The number of methoxy groups -OCH3 is 2. The highest BCUT2D eigenvalue weighted by Crippen LogP contribution is 2.42. The van der Waals surface area contributed by atoms with Crippen molar-refractivity contribution in [1.29, 1.82) is 0 Å². The molecule has 4 N–H and O–H groups in total. The molecule has 0 bridgehead atoms. The van der Waals surface area contributed by atoms with Gasteiger partial charge in [0.15, 0.2) is 6.23 Å². The van der Waals surface area contributed by atoms with E-state index in [0.717, 1.165) is 27.5 Å². The van der Waals surface area contributed by atoms with Crippen molar-refractivity contribution >= 4 is 5.91 Å². The van der Waals surface area contributed by atoms with E-state index in [1.165, 1.54) is 7.05 Å². The fourth-order valence-electron chi connectivity index (χ4n) is 5.35. The number of hydrogen-bond acceptors (Lipinski definition) is 9. The Morgan fingerprint density at radius 3 is 1.95 bits per heavy atom. The maximum Gasteiger partial charge on any atom is 0.330 e. The average Bonchev–Trinajstić information content (AvgIpc) is 3.34. The molecule has 1 aromatic heterocycles. The zero-order valence-electron chi connectivity index (χ0n) is 24.3. The van der Waals surface area contributed by atoms with Gasteiger partial charge in [-0.25, -0.2) is 4.79 Å². The van der Waals surface area contributed by atoms with Gasteiger partial charge in [0.1, 0.15) is 41.0 Å². The first-order valence-corrected chi connectivity index (χ1v) is 13.8. The summed E-state index contributed by atoms with van der Waals surface area (Å²) in [6.07, 6.45) is -4.61. The van der Waals surface area contributed by atoms with Gasteiger partial charge in [0.25, 0.3) is 11.5 Å². The summed E-state index contributed by atoms with van der Waals surface area (Å²) in [7, 11) is 4.48. The van der Waals surface area contributed by atoms with E-state index in [-0.39, 0.29) is 12.2 Å². The van der Waals surface area contributed by atoms with Crippen LogP contribution < -0.4 is 26.0 Å². The lowest BCUT2D eigenvalue weighted by Crippen LogP contribution is -2.41. The Labute approximate surface area is 252 Å². The van der Waals surface area contributed by atoms with Gasteiger partial charge >= 0.3 is 5.69 Å². The predicted octanol–water partition coefficient (Wildman–Crippen LogP) is 1.54. The number of aliphatic hydroxyl groups excluding tert-OH is 2.